The van der Waals surface area contributed by atoms with Gasteiger partial charge < -0.3 is 4.74 Å². The van der Waals surface area contributed by atoms with Gasteiger partial charge in [0, 0.05) is 6.54 Å². The Kier molecular flexibility index (Phi) is 6.49. The molecular weight excluding hydrogens is 370 g/mol. The van der Waals surface area contributed by atoms with Gasteiger partial charge in [0.05, 0.1) is 12.0 Å². The highest BCUT2D eigenvalue weighted by Crippen LogP contribution is 2.38. The van der Waals surface area contributed by atoms with Crippen LogP contribution in [0.4, 0.5) is 0 Å². The van der Waals surface area contributed by atoms with Gasteiger partial charge in [-0.25, -0.2) is 0 Å². The summed E-state index contributed by atoms with van der Waals surface area (Å²) >= 11 is 0. The first-order chi connectivity index (χ1) is 14.7. The summed E-state index contributed by atoms with van der Waals surface area (Å²) in [6, 6.07) is 25.7. The largest absolute Gasteiger partial charge is 0.466 e. The highest BCUT2D eigenvalue weighted by Gasteiger charge is 2.42. The molecule has 0 aromatic heterocycles. The number of carbonyl (C=O) groups excluding carboxylic acids is 1. The van der Waals surface area contributed by atoms with Crippen LogP contribution >= 0.6 is 0 Å². The van der Waals surface area contributed by atoms with Gasteiger partial charge in [0.1, 0.15) is 0 Å². The van der Waals surface area contributed by atoms with Crippen molar-refractivity contribution in [2.75, 3.05) is 19.7 Å². The second kappa shape index (κ2) is 9.44. The first-order valence-electron chi connectivity index (χ1n) is 11.1. The summed E-state index contributed by atoms with van der Waals surface area (Å²) in [6.45, 7) is 5.15. The van der Waals surface area contributed by atoms with Crippen LogP contribution in [0, 0.1) is 5.41 Å². The molecule has 0 amide bonds. The fourth-order valence-corrected chi connectivity index (χ4v) is 4.60. The van der Waals surface area contributed by atoms with Crippen molar-refractivity contribution in [1.82, 2.24) is 4.90 Å². The van der Waals surface area contributed by atoms with Crippen LogP contribution in [0.3, 0.4) is 0 Å². The van der Waals surface area contributed by atoms with E-state index in [9.17, 15) is 4.79 Å². The Labute approximate surface area is 179 Å². The summed E-state index contributed by atoms with van der Waals surface area (Å²) in [5, 5.41) is 2.57. The second-order valence-electron chi connectivity index (χ2n) is 8.44. The maximum absolute atomic E-state index is 12.9. The van der Waals surface area contributed by atoms with Gasteiger partial charge in [-0.15, -0.1) is 0 Å². The molecule has 1 heterocycles. The minimum absolute atomic E-state index is 0.00807. The van der Waals surface area contributed by atoms with Crippen molar-refractivity contribution in [3.63, 3.8) is 0 Å². The molecule has 0 N–H and O–H groups in total. The number of hydrogen-bond acceptors (Lipinski definition) is 3. The molecule has 156 valence electrons. The zero-order valence-electron chi connectivity index (χ0n) is 17.8. The van der Waals surface area contributed by atoms with Crippen molar-refractivity contribution in [3.8, 4) is 0 Å². The number of carbonyl (C=O) groups is 1. The molecule has 1 saturated heterocycles. The number of hydrogen-bond donors (Lipinski definition) is 0. The summed E-state index contributed by atoms with van der Waals surface area (Å²) in [4.78, 5) is 15.4. The van der Waals surface area contributed by atoms with Gasteiger partial charge >= 0.3 is 5.97 Å². The zero-order chi connectivity index (χ0) is 20.8. The minimum atomic E-state index is -0.355. The molecule has 30 heavy (non-hydrogen) atoms. The Morgan fingerprint density at radius 2 is 1.60 bits per heavy atom. The van der Waals surface area contributed by atoms with Gasteiger partial charge in [-0.1, -0.05) is 66.7 Å². The molecule has 0 radical (unpaired) electrons. The zero-order valence-corrected chi connectivity index (χ0v) is 17.8. The van der Waals surface area contributed by atoms with E-state index in [0.29, 0.717) is 6.61 Å². The van der Waals surface area contributed by atoms with Crippen LogP contribution in [0.2, 0.25) is 0 Å². The molecule has 0 aliphatic carbocycles. The highest BCUT2D eigenvalue weighted by atomic mass is 16.5. The van der Waals surface area contributed by atoms with Gasteiger partial charge in [0.15, 0.2) is 0 Å². The summed E-state index contributed by atoms with van der Waals surface area (Å²) in [6.07, 6.45) is 3.52. The minimum Gasteiger partial charge on any atom is -0.466 e. The predicted octanol–water partition coefficient (Wildman–Crippen LogP) is 5.62. The van der Waals surface area contributed by atoms with Crippen LogP contribution in [0.1, 0.15) is 37.3 Å². The van der Waals surface area contributed by atoms with Crippen LogP contribution in [0.5, 0.6) is 0 Å². The average Bonchev–Trinajstić information content (AvgIpc) is 2.79. The Morgan fingerprint density at radius 3 is 2.33 bits per heavy atom. The molecule has 0 unspecified atom stereocenters. The number of likely N-dealkylation sites (tertiary alicyclic amines) is 1. The lowest BCUT2D eigenvalue weighted by Crippen LogP contribution is -2.45. The molecule has 0 atom stereocenters. The van der Waals surface area contributed by atoms with Crippen molar-refractivity contribution in [1.29, 1.82) is 0 Å². The smallest absolute Gasteiger partial charge is 0.312 e. The van der Waals surface area contributed by atoms with Gasteiger partial charge in [0.25, 0.3) is 0 Å². The number of piperidine rings is 1. The molecule has 3 heteroatoms. The SMILES string of the molecule is CCOC(=O)C1(CCc2ccccc2)CCN(Cc2ccc3ccccc3c2)CC1. The third-order valence-electron chi connectivity index (χ3n) is 6.48. The lowest BCUT2D eigenvalue weighted by atomic mass is 9.74. The van der Waals surface area contributed by atoms with E-state index in [4.69, 9.17) is 4.74 Å². The second-order valence-corrected chi connectivity index (χ2v) is 8.44. The van der Waals surface area contributed by atoms with Crippen molar-refractivity contribution < 1.29 is 9.53 Å². The third kappa shape index (κ3) is 4.73. The van der Waals surface area contributed by atoms with E-state index >= 15 is 0 Å². The lowest BCUT2D eigenvalue weighted by Gasteiger charge is -2.40. The van der Waals surface area contributed by atoms with Gasteiger partial charge in [0.2, 0.25) is 0 Å². The van der Waals surface area contributed by atoms with E-state index in [1.807, 2.05) is 13.0 Å². The first-order valence-corrected chi connectivity index (χ1v) is 11.1. The molecule has 3 aromatic carbocycles. The monoisotopic (exact) mass is 401 g/mol. The van der Waals surface area contributed by atoms with E-state index in [1.165, 1.54) is 21.9 Å². The van der Waals surface area contributed by atoms with Gasteiger partial charge in [-0.3, -0.25) is 9.69 Å². The Hall–Kier alpha value is -2.65. The number of aryl methyl sites for hydroxylation is 1. The fourth-order valence-electron chi connectivity index (χ4n) is 4.60. The lowest BCUT2D eigenvalue weighted by molar-refractivity contribution is -0.159. The number of ether oxygens (including phenoxy) is 1. The Bertz CT molecular complexity index is 974. The van der Waals surface area contributed by atoms with Gasteiger partial charge in [-0.2, -0.15) is 0 Å². The molecule has 0 saturated carbocycles. The molecule has 4 rings (SSSR count). The van der Waals surface area contributed by atoms with Crippen molar-refractivity contribution in [3.05, 3.63) is 83.9 Å². The predicted molar refractivity (Wildman–Crippen MR) is 122 cm³/mol. The number of esters is 1. The normalized spacial score (nSPS) is 16.4. The number of rotatable bonds is 7. The summed E-state index contributed by atoms with van der Waals surface area (Å²) in [5.41, 5.74) is 2.27. The quantitative estimate of drug-likeness (QED) is 0.481. The van der Waals surface area contributed by atoms with Crippen LogP contribution in [0.25, 0.3) is 10.8 Å². The molecule has 3 nitrogen and oxygen atoms in total. The molecule has 3 aromatic rings. The molecule has 1 aliphatic heterocycles. The highest BCUT2D eigenvalue weighted by molar-refractivity contribution is 5.83. The van der Waals surface area contributed by atoms with E-state index in [-0.39, 0.29) is 11.4 Å². The number of benzene rings is 3. The van der Waals surface area contributed by atoms with Crippen LogP contribution < -0.4 is 0 Å². The standard InChI is InChI=1S/C27H31NO2/c1-2-30-26(29)27(15-14-22-8-4-3-5-9-22)16-18-28(19-17-27)21-23-12-13-24-10-6-7-11-25(24)20-23/h3-13,20H,2,14-19,21H2,1H3. The van der Waals surface area contributed by atoms with Crippen LogP contribution in [-0.4, -0.2) is 30.6 Å². The van der Waals surface area contributed by atoms with Crippen molar-refractivity contribution in [2.45, 2.75) is 39.2 Å². The summed E-state index contributed by atoms with van der Waals surface area (Å²) in [7, 11) is 0. The van der Waals surface area contributed by atoms with E-state index in [0.717, 1.165) is 45.3 Å². The Balaban J connectivity index is 1.41. The molecule has 0 spiro atoms. The first kappa shape index (κ1) is 20.6. The van der Waals surface area contributed by atoms with Crippen LogP contribution in [-0.2, 0) is 22.5 Å². The topological polar surface area (TPSA) is 29.5 Å². The number of nitrogens with zero attached hydrogens (tertiary/aromatic N) is 1. The Morgan fingerprint density at radius 1 is 0.900 bits per heavy atom. The molecule has 1 aliphatic rings. The molecule has 1 fully saturated rings. The fraction of sp³-hybridized carbons (Fsp3) is 0.370. The van der Waals surface area contributed by atoms with E-state index < -0.39 is 0 Å². The maximum atomic E-state index is 12.9. The maximum Gasteiger partial charge on any atom is 0.312 e. The third-order valence-corrected chi connectivity index (χ3v) is 6.48. The average molecular weight is 402 g/mol. The van der Waals surface area contributed by atoms with E-state index in [2.05, 4.69) is 71.6 Å². The summed E-state index contributed by atoms with van der Waals surface area (Å²) < 4.78 is 5.52. The van der Waals surface area contributed by atoms with Crippen molar-refractivity contribution in [2.24, 2.45) is 5.41 Å². The van der Waals surface area contributed by atoms with Crippen molar-refractivity contribution >= 4 is 16.7 Å². The molecule has 0 bridgehead atoms. The van der Waals surface area contributed by atoms with Crippen LogP contribution in [0.15, 0.2) is 72.8 Å². The van der Waals surface area contributed by atoms with E-state index in [1.54, 1.807) is 0 Å². The summed E-state index contributed by atoms with van der Waals surface area (Å²) in [5.74, 6) is -0.00807. The van der Waals surface area contributed by atoms with Gasteiger partial charge in [-0.05, 0) is 73.7 Å². The molecular formula is C27H31NO2. The number of fused-ring (bicyclic) bond motifs is 1.